The summed E-state index contributed by atoms with van der Waals surface area (Å²) in [5.74, 6) is -0.712. The number of methoxy groups -OCH3 is 1. The highest BCUT2D eigenvalue weighted by Gasteiger charge is 2.27. The van der Waals surface area contributed by atoms with E-state index in [1.165, 1.54) is 7.11 Å². The van der Waals surface area contributed by atoms with Crippen molar-refractivity contribution in [3.63, 3.8) is 0 Å². The first-order valence-electron chi connectivity index (χ1n) is 33.2. The van der Waals surface area contributed by atoms with E-state index in [-0.39, 0.29) is 127 Å². The van der Waals surface area contributed by atoms with Crippen LogP contribution in [0.5, 0.6) is 57.5 Å². The van der Waals surface area contributed by atoms with Crippen LogP contribution in [0.4, 0.5) is 0 Å². The normalized spacial score (nSPS) is 13.0. The minimum atomic E-state index is -0.646. The number of fused-ring (bicyclic) bond motifs is 20. The molecule has 2 aliphatic rings. The summed E-state index contributed by atoms with van der Waals surface area (Å²) in [6.45, 7) is 15.5. The standard InChI is InChI=1S/C86H80O12/c1-43-10-55-33-56-11-44(2)15-60(77(56)88)36-64-19-48(6)23-68(81(64)92)40-72-28-53(27-71(84(72)95)39-67-22-47(5)18-63(80(67)91)35-59(14-43)76(55)87)51-26-52(32-75(31-51)86(97)98-9)54-29-73-41-69-24-49(7)20-65(82(69)93)37-61-16-45(3)12-57(78(61)89)34-58-13-46(4)17-62(79(58)90)38-66-21-50(8)25-70(83(66)94)42-74(30-54)85(73)96/h10-32,87-96H,33-42H2,1-9H3. The number of hydrogen-bond donors (Lipinski definition) is 10. The lowest BCUT2D eigenvalue weighted by Crippen LogP contribution is -2.04. The lowest BCUT2D eigenvalue weighted by Gasteiger charge is -2.20. The number of aromatic hydroxyl groups is 10. The van der Waals surface area contributed by atoms with Crippen molar-refractivity contribution in [3.05, 3.63) is 301 Å². The van der Waals surface area contributed by atoms with Gasteiger partial charge in [-0.1, -0.05) is 142 Å². The molecule has 0 heterocycles. The molecule has 0 saturated heterocycles. The number of benzene rings is 11. The van der Waals surface area contributed by atoms with E-state index < -0.39 is 5.97 Å². The van der Waals surface area contributed by atoms with Crippen LogP contribution in [0.2, 0.25) is 0 Å². The summed E-state index contributed by atoms with van der Waals surface area (Å²) in [7, 11) is 1.30. The largest absolute Gasteiger partial charge is 0.507 e. The molecule has 0 fully saturated rings. The van der Waals surface area contributed by atoms with Gasteiger partial charge in [-0.15, -0.1) is 0 Å². The first-order valence-corrected chi connectivity index (χ1v) is 33.2. The second kappa shape index (κ2) is 25.8. The fraction of sp³-hybridized carbons (Fsp3) is 0.221. The second-order valence-corrected chi connectivity index (χ2v) is 27.8. The van der Waals surface area contributed by atoms with Crippen molar-refractivity contribution in [1.82, 2.24) is 0 Å². The van der Waals surface area contributed by atoms with Gasteiger partial charge in [-0.25, -0.2) is 4.79 Å². The number of rotatable bonds is 3. The molecule has 0 aliphatic heterocycles. The highest BCUT2D eigenvalue weighted by atomic mass is 16.5. The Kier molecular flexibility index (Phi) is 17.3. The topological polar surface area (TPSA) is 229 Å². The first kappa shape index (κ1) is 65.5. The summed E-state index contributed by atoms with van der Waals surface area (Å²) < 4.78 is 5.46. The summed E-state index contributed by atoms with van der Waals surface area (Å²) in [6, 6.07) is 42.8. The molecule has 0 amide bonds. The Morgan fingerprint density at radius 1 is 0.214 bits per heavy atom. The van der Waals surface area contributed by atoms with E-state index in [0.29, 0.717) is 134 Å². The molecule has 12 nitrogen and oxygen atoms in total. The van der Waals surface area contributed by atoms with Crippen molar-refractivity contribution in [1.29, 1.82) is 0 Å². The number of phenols is 10. The first-order chi connectivity index (χ1) is 46.7. The third kappa shape index (κ3) is 12.9. The maximum atomic E-state index is 14.2. The summed E-state index contributed by atoms with van der Waals surface area (Å²) in [4.78, 5) is 14.2. The molecule has 11 aromatic rings. The summed E-state index contributed by atoms with van der Waals surface area (Å²) >= 11 is 0. The molecule has 20 bridgehead atoms. The Labute approximate surface area is 571 Å². The van der Waals surface area contributed by atoms with Gasteiger partial charge in [-0.3, -0.25) is 0 Å². The van der Waals surface area contributed by atoms with Crippen LogP contribution in [-0.2, 0) is 68.9 Å². The number of carbonyl (C=O) groups excluding carboxylic acids is 1. The second-order valence-electron chi connectivity index (χ2n) is 27.8. The highest BCUT2D eigenvalue weighted by molar-refractivity contribution is 5.94. The van der Waals surface area contributed by atoms with Gasteiger partial charge in [0.25, 0.3) is 0 Å². The molecule has 0 unspecified atom stereocenters. The quantitative estimate of drug-likeness (QED) is 0.0745. The van der Waals surface area contributed by atoms with Crippen LogP contribution in [0, 0.1) is 55.4 Å². The minimum Gasteiger partial charge on any atom is -0.507 e. The molecule has 2 aliphatic carbocycles. The average molecular weight is 1310 g/mol. The van der Waals surface area contributed by atoms with E-state index in [2.05, 4.69) is 0 Å². The fourth-order valence-electron chi connectivity index (χ4n) is 15.3. The molecule has 0 radical (unpaired) electrons. The number of carbonyl (C=O) groups is 1. The van der Waals surface area contributed by atoms with Crippen molar-refractivity contribution in [3.8, 4) is 79.7 Å². The molecule has 496 valence electrons. The van der Waals surface area contributed by atoms with Crippen LogP contribution in [0.1, 0.15) is 166 Å². The number of phenolic OH excluding ortho intramolecular Hbond substituents is 10. The number of esters is 1. The minimum absolute atomic E-state index is 0.0200. The third-order valence-corrected chi connectivity index (χ3v) is 19.7. The highest BCUT2D eigenvalue weighted by Crippen LogP contribution is 2.45. The predicted octanol–water partition coefficient (Wildman–Crippen LogP) is 16.9. The fourth-order valence-corrected chi connectivity index (χ4v) is 15.3. The van der Waals surface area contributed by atoms with E-state index in [1.807, 2.05) is 183 Å². The van der Waals surface area contributed by atoms with Gasteiger partial charge in [0.2, 0.25) is 0 Å². The van der Waals surface area contributed by atoms with Gasteiger partial charge in [-0.05, 0) is 231 Å². The molecule has 13 rings (SSSR count). The Morgan fingerprint density at radius 2 is 0.337 bits per heavy atom. The Balaban J connectivity index is 1.00. The number of ether oxygens (including phenoxy) is 1. The van der Waals surface area contributed by atoms with Gasteiger partial charge in [-0.2, -0.15) is 0 Å². The Morgan fingerprint density at radius 3 is 0.469 bits per heavy atom. The maximum Gasteiger partial charge on any atom is 0.337 e. The van der Waals surface area contributed by atoms with E-state index >= 15 is 0 Å². The zero-order valence-electron chi connectivity index (χ0n) is 56.6. The summed E-state index contributed by atoms with van der Waals surface area (Å²) in [6.07, 6.45) is 1.26. The molecule has 0 spiro atoms. The van der Waals surface area contributed by atoms with Crippen LogP contribution >= 0.6 is 0 Å². The molecule has 98 heavy (non-hydrogen) atoms. The van der Waals surface area contributed by atoms with Crippen LogP contribution in [0.15, 0.2) is 140 Å². The van der Waals surface area contributed by atoms with Crippen molar-refractivity contribution in [2.24, 2.45) is 0 Å². The van der Waals surface area contributed by atoms with E-state index in [0.717, 1.165) is 44.5 Å². The molecule has 0 saturated carbocycles. The lowest BCUT2D eigenvalue weighted by atomic mass is 9.87. The van der Waals surface area contributed by atoms with Gasteiger partial charge in [0, 0.05) is 64.2 Å². The van der Waals surface area contributed by atoms with Crippen molar-refractivity contribution in [2.45, 2.75) is 120 Å². The Bertz CT molecular complexity index is 4560. The zero-order chi connectivity index (χ0) is 69.4. The number of hydrogen-bond acceptors (Lipinski definition) is 12. The average Bonchev–Trinajstić information content (AvgIpc) is 0.802. The summed E-state index contributed by atoms with van der Waals surface area (Å²) in [5, 5.41) is 123. The monoisotopic (exact) mass is 1300 g/mol. The lowest BCUT2D eigenvalue weighted by molar-refractivity contribution is 0.0600. The van der Waals surface area contributed by atoms with Crippen LogP contribution < -0.4 is 0 Å². The number of aryl methyl sites for hydroxylation is 8. The van der Waals surface area contributed by atoms with Crippen molar-refractivity contribution in [2.75, 3.05) is 7.11 Å². The van der Waals surface area contributed by atoms with Gasteiger partial charge in [0.15, 0.2) is 0 Å². The van der Waals surface area contributed by atoms with Gasteiger partial charge >= 0.3 is 5.97 Å². The SMILES string of the molecule is COC(=O)c1cc(-c2cc3c(O)c(c2)Cc2cc(C)cc(c2O)Cc2cc(C)cc(c2O)Cc2cc(C)cc(c2O)Cc2cc(C)cc(c2O)C3)cc(-c2cc3c(O)c(c2)Cc2cc(C)cc(c2O)Cc2cc(C)cc(c2O)Cc2cc(C)cc(c2O)Cc2cc(C)cc(c2O)C3)c1. The van der Waals surface area contributed by atoms with Crippen LogP contribution in [-0.4, -0.2) is 64.1 Å². The smallest absolute Gasteiger partial charge is 0.337 e. The van der Waals surface area contributed by atoms with Crippen molar-refractivity contribution < 1.29 is 60.6 Å². The predicted molar refractivity (Wildman–Crippen MR) is 383 cm³/mol. The van der Waals surface area contributed by atoms with Crippen molar-refractivity contribution >= 4 is 5.97 Å². The molecular weight excluding hydrogens is 1220 g/mol. The van der Waals surface area contributed by atoms with Crippen LogP contribution in [0.3, 0.4) is 0 Å². The van der Waals surface area contributed by atoms with E-state index in [1.54, 1.807) is 12.1 Å². The molecule has 12 heteroatoms. The maximum absolute atomic E-state index is 14.2. The molecule has 11 aromatic carbocycles. The van der Waals surface area contributed by atoms with E-state index in [4.69, 9.17) is 4.74 Å². The Hall–Kier alpha value is -11.1. The van der Waals surface area contributed by atoms with E-state index in [9.17, 15) is 55.9 Å². The third-order valence-electron chi connectivity index (χ3n) is 19.7. The van der Waals surface area contributed by atoms with Gasteiger partial charge in [0.1, 0.15) is 57.5 Å². The molecule has 0 atom stereocenters. The molecular formula is C86H80O12. The molecule has 10 N–H and O–H groups in total. The van der Waals surface area contributed by atoms with Gasteiger partial charge in [0.05, 0.1) is 12.7 Å². The van der Waals surface area contributed by atoms with Crippen LogP contribution in [0.25, 0.3) is 22.3 Å². The van der Waals surface area contributed by atoms with Gasteiger partial charge < -0.3 is 55.8 Å². The molecule has 0 aromatic heterocycles. The zero-order valence-corrected chi connectivity index (χ0v) is 56.6. The summed E-state index contributed by atoms with van der Waals surface area (Å²) in [5.41, 5.74) is 19.8.